The van der Waals surface area contributed by atoms with Gasteiger partial charge in [-0.15, -0.1) is 0 Å². The largest absolute Gasteiger partial charge is 0.506 e. The summed E-state index contributed by atoms with van der Waals surface area (Å²) >= 11 is 0. The van der Waals surface area contributed by atoms with E-state index in [4.69, 9.17) is 18.9 Å². The number of para-hydroxylation sites is 1. The number of pyridine rings is 1. The molecule has 2 aliphatic rings. The summed E-state index contributed by atoms with van der Waals surface area (Å²) in [7, 11) is 0. The first-order chi connectivity index (χ1) is 18.1. The van der Waals surface area contributed by atoms with Crippen LogP contribution in [0.3, 0.4) is 0 Å². The molecule has 38 heavy (non-hydrogen) atoms. The highest BCUT2D eigenvalue weighted by molar-refractivity contribution is 6.10. The van der Waals surface area contributed by atoms with E-state index in [1.165, 1.54) is 0 Å². The first kappa shape index (κ1) is 23.1. The molecular weight excluding hydrogens is 476 g/mol. The lowest BCUT2D eigenvalue weighted by Crippen LogP contribution is -2.50. The Hall–Kier alpha value is -4.06. The van der Waals surface area contributed by atoms with Crippen molar-refractivity contribution in [1.82, 2.24) is 4.98 Å². The van der Waals surface area contributed by atoms with Gasteiger partial charge in [-0.05, 0) is 75.6 Å². The van der Waals surface area contributed by atoms with E-state index >= 15 is 0 Å². The molecule has 1 saturated carbocycles. The average molecular weight is 507 g/mol. The number of benzene rings is 3. The molecule has 0 saturated heterocycles. The van der Waals surface area contributed by atoms with Crippen molar-refractivity contribution in [2.45, 2.75) is 58.6 Å². The number of aryl methyl sites for hydroxylation is 1. The van der Waals surface area contributed by atoms with E-state index in [9.17, 15) is 5.11 Å². The van der Waals surface area contributed by atoms with E-state index < -0.39 is 5.60 Å². The molecule has 0 unspecified atom stereocenters. The molecule has 3 heterocycles. The number of hydrogen-bond donors (Lipinski definition) is 1. The van der Waals surface area contributed by atoms with Gasteiger partial charge in [0.25, 0.3) is 0 Å². The highest BCUT2D eigenvalue weighted by Crippen LogP contribution is 2.58. The number of phenols is 1. The van der Waals surface area contributed by atoms with Gasteiger partial charge >= 0.3 is 0 Å². The van der Waals surface area contributed by atoms with Crippen LogP contribution in [0.5, 0.6) is 17.4 Å². The van der Waals surface area contributed by atoms with Gasteiger partial charge in [-0.1, -0.05) is 32.0 Å². The molecule has 0 amide bonds. The fourth-order valence-electron chi connectivity index (χ4n) is 6.25. The highest BCUT2D eigenvalue weighted by atomic mass is 16.5. The molecule has 0 radical (unpaired) electrons. The molecule has 2 atom stereocenters. The number of hydrogen-bond acceptors (Lipinski definition) is 6. The molecule has 1 N–H and O–H groups in total. The first-order valence-electron chi connectivity index (χ1n) is 13.1. The number of aromatic hydroxyl groups is 1. The second-order valence-electron chi connectivity index (χ2n) is 11.8. The molecule has 2 aromatic heterocycles. The Morgan fingerprint density at radius 1 is 0.921 bits per heavy atom. The van der Waals surface area contributed by atoms with Gasteiger partial charge < -0.3 is 19.0 Å². The molecular formula is C32H30N2O4. The Kier molecular flexibility index (Phi) is 4.56. The first-order valence-corrected chi connectivity index (χ1v) is 13.1. The maximum Gasteiger partial charge on any atom is 0.220 e. The number of aliphatic imine (C=N–C) groups is 1. The van der Waals surface area contributed by atoms with Crippen LogP contribution in [0.2, 0.25) is 0 Å². The molecule has 1 fully saturated rings. The molecule has 192 valence electrons. The minimum absolute atomic E-state index is 0.00581. The predicted molar refractivity (Wildman–Crippen MR) is 149 cm³/mol. The summed E-state index contributed by atoms with van der Waals surface area (Å²) < 4.78 is 19.4. The Morgan fingerprint density at radius 2 is 1.74 bits per heavy atom. The van der Waals surface area contributed by atoms with Gasteiger partial charge in [0.2, 0.25) is 11.8 Å². The van der Waals surface area contributed by atoms with Gasteiger partial charge in [-0.3, -0.25) is 0 Å². The molecule has 7 rings (SSSR count). The van der Waals surface area contributed by atoms with Crippen LogP contribution in [-0.2, 0) is 4.74 Å². The van der Waals surface area contributed by atoms with Crippen molar-refractivity contribution in [3.8, 4) is 17.4 Å². The third-order valence-corrected chi connectivity index (χ3v) is 9.00. The topological polar surface area (TPSA) is 77.1 Å². The summed E-state index contributed by atoms with van der Waals surface area (Å²) in [5.74, 6) is 1.63. The van der Waals surface area contributed by atoms with Crippen LogP contribution in [0.1, 0.15) is 51.7 Å². The summed E-state index contributed by atoms with van der Waals surface area (Å²) in [6, 6.07) is 19.3. The van der Waals surface area contributed by atoms with Crippen LogP contribution in [-0.4, -0.2) is 27.1 Å². The van der Waals surface area contributed by atoms with Gasteiger partial charge in [0, 0.05) is 33.2 Å². The number of fused-ring (bicyclic) bond motifs is 5. The lowest BCUT2D eigenvalue weighted by molar-refractivity contribution is -0.0288. The normalized spacial score (nSPS) is 24.1. The van der Waals surface area contributed by atoms with Crippen molar-refractivity contribution in [3.05, 3.63) is 71.8 Å². The van der Waals surface area contributed by atoms with E-state index in [2.05, 4.69) is 38.7 Å². The van der Waals surface area contributed by atoms with Crippen LogP contribution in [0, 0.1) is 12.3 Å². The second kappa shape index (κ2) is 7.50. The van der Waals surface area contributed by atoms with Crippen molar-refractivity contribution in [1.29, 1.82) is 0 Å². The molecule has 1 aliphatic heterocycles. The minimum Gasteiger partial charge on any atom is -0.506 e. The van der Waals surface area contributed by atoms with E-state index in [1.54, 1.807) is 12.1 Å². The Morgan fingerprint density at radius 3 is 2.55 bits per heavy atom. The van der Waals surface area contributed by atoms with Crippen LogP contribution >= 0.6 is 0 Å². The maximum atomic E-state index is 10.5. The summed E-state index contributed by atoms with van der Waals surface area (Å²) in [6.45, 7) is 10.9. The van der Waals surface area contributed by atoms with Crippen LogP contribution in [0.4, 0.5) is 0 Å². The zero-order chi connectivity index (χ0) is 26.4. The van der Waals surface area contributed by atoms with Gasteiger partial charge in [-0.2, -0.15) is 0 Å². The molecule has 6 nitrogen and oxygen atoms in total. The number of aromatic nitrogens is 1. The summed E-state index contributed by atoms with van der Waals surface area (Å²) in [4.78, 5) is 9.77. The van der Waals surface area contributed by atoms with Crippen molar-refractivity contribution in [2.75, 3.05) is 0 Å². The van der Waals surface area contributed by atoms with Gasteiger partial charge in [0.15, 0.2) is 11.3 Å². The fourth-order valence-corrected chi connectivity index (χ4v) is 6.25. The highest BCUT2D eigenvalue weighted by Gasteiger charge is 2.64. The van der Waals surface area contributed by atoms with E-state index in [0.717, 1.165) is 45.7 Å². The zero-order valence-corrected chi connectivity index (χ0v) is 22.3. The molecule has 0 bridgehead atoms. The van der Waals surface area contributed by atoms with Gasteiger partial charge in [0.05, 0.1) is 0 Å². The van der Waals surface area contributed by atoms with Crippen molar-refractivity contribution < 1.29 is 19.0 Å². The molecule has 6 heteroatoms. The third kappa shape index (κ3) is 3.12. The summed E-state index contributed by atoms with van der Waals surface area (Å²) in [5, 5.41) is 13.3. The van der Waals surface area contributed by atoms with E-state index in [0.29, 0.717) is 28.6 Å². The van der Waals surface area contributed by atoms with Crippen LogP contribution in [0.25, 0.3) is 32.8 Å². The van der Waals surface area contributed by atoms with Crippen LogP contribution in [0.15, 0.2) is 70.1 Å². The quantitative estimate of drug-likeness (QED) is 0.268. The smallest absolute Gasteiger partial charge is 0.220 e. The zero-order valence-electron chi connectivity index (χ0n) is 22.3. The standard InChI is InChI=1S/C32H30N2O4/c1-18-14-19-10-11-26(33-27(19)23(35)15-18)36-25-17-20(16-22-21-8-6-7-9-24(21)37-28(22)25)29-34-31(4)13-12-30(2,3)32(31,5)38-29/h6-11,14-17,35H,12-13H2,1-5H3/t31-,32-/m0/s1. The molecule has 0 spiro atoms. The predicted octanol–water partition coefficient (Wildman–Crippen LogP) is 8.05. The van der Waals surface area contributed by atoms with Crippen molar-refractivity contribution in [2.24, 2.45) is 10.4 Å². The Labute approximate surface area is 220 Å². The van der Waals surface area contributed by atoms with E-state index in [1.807, 2.05) is 49.4 Å². The second-order valence-corrected chi connectivity index (χ2v) is 11.8. The third-order valence-electron chi connectivity index (χ3n) is 9.00. The molecule has 3 aromatic carbocycles. The maximum absolute atomic E-state index is 10.5. The van der Waals surface area contributed by atoms with Crippen LogP contribution < -0.4 is 4.74 Å². The van der Waals surface area contributed by atoms with E-state index in [-0.39, 0.29) is 16.7 Å². The average Bonchev–Trinajstić information content (AvgIpc) is 3.44. The Bertz CT molecular complexity index is 1820. The summed E-state index contributed by atoms with van der Waals surface area (Å²) in [5.41, 5.74) is 2.99. The van der Waals surface area contributed by atoms with Gasteiger partial charge in [0.1, 0.15) is 28.0 Å². The lowest BCUT2D eigenvalue weighted by atomic mass is 9.73. The number of furan rings is 1. The number of rotatable bonds is 3. The van der Waals surface area contributed by atoms with Gasteiger partial charge in [-0.25, -0.2) is 9.98 Å². The number of nitrogens with zero attached hydrogens (tertiary/aromatic N) is 2. The SMILES string of the molecule is Cc1cc(O)c2nc(Oc3cc(C4=N[C@@]5(C)CCC(C)(C)[C@]5(C)O4)cc4c3oc3ccccc34)ccc2c1. The monoisotopic (exact) mass is 506 g/mol. The molecule has 5 aromatic rings. The van der Waals surface area contributed by atoms with Crippen molar-refractivity contribution >= 4 is 38.7 Å². The van der Waals surface area contributed by atoms with Crippen molar-refractivity contribution in [3.63, 3.8) is 0 Å². The minimum atomic E-state index is -0.403. The fraction of sp³-hybridized carbons (Fsp3) is 0.312. The Balaban J connectivity index is 1.39. The molecule has 1 aliphatic carbocycles. The lowest BCUT2D eigenvalue weighted by Gasteiger charge is -2.40. The number of ether oxygens (including phenoxy) is 2. The summed E-state index contributed by atoms with van der Waals surface area (Å²) in [6.07, 6.45) is 2.04. The number of phenolic OH excluding ortho intramolecular Hbond substituents is 1.